The predicted octanol–water partition coefficient (Wildman–Crippen LogP) is 2.83. The van der Waals surface area contributed by atoms with Gasteiger partial charge in [0, 0.05) is 22.5 Å². The lowest BCUT2D eigenvalue weighted by Crippen LogP contribution is -2.12. The van der Waals surface area contributed by atoms with E-state index >= 15 is 0 Å². The van der Waals surface area contributed by atoms with Crippen LogP contribution in [0.25, 0.3) is 0 Å². The van der Waals surface area contributed by atoms with Crippen molar-refractivity contribution in [2.75, 3.05) is 7.11 Å². The van der Waals surface area contributed by atoms with Crippen molar-refractivity contribution in [2.45, 2.75) is 25.8 Å². The van der Waals surface area contributed by atoms with Gasteiger partial charge in [0.1, 0.15) is 11.5 Å². The fourth-order valence-electron chi connectivity index (χ4n) is 1.51. The average molecular weight is 286 g/mol. The van der Waals surface area contributed by atoms with Crippen LogP contribution >= 0.6 is 15.9 Å². The van der Waals surface area contributed by atoms with Crippen LogP contribution in [0.15, 0.2) is 22.7 Å². The van der Waals surface area contributed by atoms with Crippen molar-refractivity contribution < 1.29 is 9.53 Å². The third-order valence-corrected chi connectivity index (χ3v) is 2.89. The molecule has 1 aromatic rings. The van der Waals surface area contributed by atoms with Crippen LogP contribution in [0.2, 0.25) is 0 Å². The molecule has 0 bridgehead atoms. The molecule has 1 rings (SSSR count). The first-order valence-corrected chi connectivity index (χ1v) is 5.92. The van der Waals surface area contributed by atoms with E-state index in [1.807, 2.05) is 18.2 Å². The number of hydrogen-bond donors (Lipinski definition) is 1. The molecule has 0 fully saturated rings. The van der Waals surface area contributed by atoms with E-state index in [9.17, 15) is 4.79 Å². The third-order valence-electron chi connectivity index (χ3n) is 2.40. The molecule has 0 aliphatic heterocycles. The molecule has 88 valence electrons. The van der Waals surface area contributed by atoms with E-state index in [-0.39, 0.29) is 11.8 Å². The largest absolute Gasteiger partial charge is 0.496 e. The maximum atomic E-state index is 10.9. The summed E-state index contributed by atoms with van der Waals surface area (Å²) in [7, 11) is 1.62. The normalized spacial score (nSPS) is 12.2. The van der Waals surface area contributed by atoms with Gasteiger partial charge in [-0.1, -0.05) is 15.9 Å². The van der Waals surface area contributed by atoms with Crippen LogP contribution < -0.4 is 10.5 Å². The number of rotatable bonds is 5. The molecular formula is C12H16BrNO2. The predicted molar refractivity (Wildman–Crippen MR) is 67.5 cm³/mol. The Morgan fingerprint density at radius 3 is 2.81 bits per heavy atom. The Morgan fingerprint density at radius 1 is 1.56 bits per heavy atom. The molecule has 0 spiro atoms. The highest BCUT2D eigenvalue weighted by molar-refractivity contribution is 9.10. The van der Waals surface area contributed by atoms with E-state index in [0.717, 1.165) is 15.8 Å². The fourth-order valence-corrected chi connectivity index (χ4v) is 1.89. The minimum atomic E-state index is -0.170. The summed E-state index contributed by atoms with van der Waals surface area (Å²) >= 11 is 3.40. The van der Waals surface area contributed by atoms with E-state index in [0.29, 0.717) is 12.8 Å². The first-order chi connectivity index (χ1) is 7.54. The first-order valence-electron chi connectivity index (χ1n) is 5.13. The van der Waals surface area contributed by atoms with Crippen LogP contribution in [0.3, 0.4) is 0 Å². The summed E-state index contributed by atoms with van der Waals surface area (Å²) in [5, 5.41) is 0. The topological polar surface area (TPSA) is 52.3 Å². The van der Waals surface area contributed by atoms with Gasteiger partial charge in [-0.15, -0.1) is 0 Å². The smallest absolute Gasteiger partial charge is 0.129 e. The molecule has 0 amide bonds. The number of ketones is 1. The molecule has 0 heterocycles. The summed E-state index contributed by atoms with van der Waals surface area (Å²) in [4.78, 5) is 10.9. The van der Waals surface area contributed by atoms with Gasteiger partial charge in [0.25, 0.3) is 0 Å². The van der Waals surface area contributed by atoms with Gasteiger partial charge in [-0.2, -0.15) is 0 Å². The number of carbonyl (C=O) groups is 1. The first kappa shape index (κ1) is 13.2. The molecule has 4 heteroatoms. The molecule has 16 heavy (non-hydrogen) atoms. The van der Waals surface area contributed by atoms with Crippen LogP contribution in [0.5, 0.6) is 5.75 Å². The van der Waals surface area contributed by atoms with Crippen molar-refractivity contribution in [3.05, 3.63) is 28.2 Å². The second-order valence-electron chi connectivity index (χ2n) is 3.73. The van der Waals surface area contributed by atoms with E-state index in [2.05, 4.69) is 15.9 Å². The van der Waals surface area contributed by atoms with Crippen LogP contribution in [-0.4, -0.2) is 12.9 Å². The maximum absolute atomic E-state index is 10.9. The molecule has 0 saturated carbocycles. The van der Waals surface area contributed by atoms with Crippen LogP contribution in [0.1, 0.15) is 31.4 Å². The Kier molecular flexibility index (Phi) is 4.96. The van der Waals surface area contributed by atoms with E-state index in [1.165, 1.54) is 0 Å². The number of halogens is 1. The molecular weight excluding hydrogens is 270 g/mol. The zero-order valence-electron chi connectivity index (χ0n) is 9.50. The maximum Gasteiger partial charge on any atom is 0.129 e. The quantitative estimate of drug-likeness (QED) is 0.905. The van der Waals surface area contributed by atoms with Gasteiger partial charge >= 0.3 is 0 Å². The van der Waals surface area contributed by atoms with Gasteiger partial charge in [-0.3, -0.25) is 0 Å². The molecule has 0 radical (unpaired) electrons. The van der Waals surface area contributed by atoms with Gasteiger partial charge in [0.05, 0.1) is 7.11 Å². The number of hydrogen-bond acceptors (Lipinski definition) is 3. The highest BCUT2D eigenvalue weighted by Crippen LogP contribution is 2.29. The third kappa shape index (κ3) is 3.61. The Hall–Kier alpha value is -0.870. The van der Waals surface area contributed by atoms with Crippen LogP contribution in [0, 0.1) is 0 Å². The summed E-state index contributed by atoms with van der Waals surface area (Å²) in [6, 6.07) is 5.54. The number of nitrogens with two attached hydrogens (primary N) is 1. The number of ether oxygens (including phenoxy) is 1. The minimum Gasteiger partial charge on any atom is -0.496 e. The Labute approximate surface area is 104 Å². The molecule has 3 nitrogen and oxygen atoms in total. The highest BCUT2D eigenvalue weighted by atomic mass is 79.9. The summed E-state index contributed by atoms with van der Waals surface area (Å²) in [5.41, 5.74) is 6.96. The summed E-state index contributed by atoms with van der Waals surface area (Å²) < 4.78 is 6.20. The minimum absolute atomic E-state index is 0.157. The van der Waals surface area contributed by atoms with Gasteiger partial charge in [-0.25, -0.2) is 0 Å². The van der Waals surface area contributed by atoms with Crippen molar-refractivity contribution in [3.8, 4) is 5.75 Å². The van der Waals surface area contributed by atoms with Crippen molar-refractivity contribution in [1.82, 2.24) is 0 Å². The van der Waals surface area contributed by atoms with Crippen LogP contribution in [0.4, 0.5) is 0 Å². The number of benzene rings is 1. The molecule has 0 aromatic heterocycles. The van der Waals surface area contributed by atoms with Gasteiger partial charge in [-0.05, 0) is 31.5 Å². The lowest BCUT2D eigenvalue weighted by Gasteiger charge is -2.15. The zero-order chi connectivity index (χ0) is 12.1. The average Bonchev–Trinajstić information content (AvgIpc) is 2.25. The van der Waals surface area contributed by atoms with E-state index in [4.69, 9.17) is 10.5 Å². The van der Waals surface area contributed by atoms with Gasteiger partial charge in [0.2, 0.25) is 0 Å². The monoisotopic (exact) mass is 285 g/mol. The van der Waals surface area contributed by atoms with Gasteiger partial charge in [0.15, 0.2) is 0 Å². The lowest BCUT2D eigenvalue weighted by atomic mass is 10.0. The summed E-state index contributed by atoms with van der Waals surface area (Å²) in [6.45, 7) is 1.57. The Balaban J connectivity index is 2.84. The second kappa shape index (κ2) is 6.01. The van der Waals surface area contributed by atoms with Crippen LogP contribution in [-0.2, 0) is 4.79 Å². The summed E-state index contributed by atoms with van der Waals surface area (Å²) in [6.07, 6.45) is 1.14. The van der Waals surface area contributed by atoms with Crippen molar-refractivity contribution in [2.24, 2.45) is 5.73 Å². The summed E-state index contributed by atoms with van der Waals surface area (Å²) in [5.74, 6) is 0.920. The Morgan fingerprint density at radius 2 is 2.25 bits per heavy atom. The molecule has 1 unspecified atom stereocenters. The molecule has 0 aliphatic rings. The Bertz CT molecular complexity index is 379. The molecule has 1 aromatic carbocycles. The second-order valence-corrected chi connectivity index (χ2v) is 4.65. The van der Waals surface area contributed by atoms with E-state index in [1.54, 1.807) is 14.0 Å². The van der Waals surface area contributed by atoms with Crippen molar-refractivity contribution in [1.29, 1.82) is 0 Å². The number of Topliss-reactive ketones (excluding diaryl/α,β-unsaturated/α-hetero) is 1. The standard InChI is InChI=1S/C12H16BrNO2/c1-8(15)3-5-11(14)10-7-9(13)4-6-12(10)16-2/h4,6-7,11H,3,5,14H2,1-2H3. The molecule has 2 N–H and O–H groups in total. The number of methoxy groups -OCH3 is 1. The molecule has 0 aliphatic carbocycles. The van der Waals surface area contributed by atoms with Gasteiger partial charge < -0.3 is 15.3 Å². The SMILES string of the molecule is COc1ccc(Br)cc1C(N)CCC(C)=O. The van der Waals surface area contributed by atoms with Crippen molar-refractivity contribution in [3.63, 3.8) is 0 Å². The molecule has 1 atom stereocenters. The van der Waals surface area contributed by atoms with Crippen molar-refractivity contribution >= 4 is 21.7 Å². The number of carbonyl (C=O) groups excluding carboxylic acids is 1. The zero-order valence-corrected chi connectivity index (χ0v) is 11.1. The fraction of sp³-hybridized carbons (Fsp3) is 0.417. The van der Waals surface area contributed by atoms with E-state index < -0.39 is 0 Å². The molecule has 0 saturated heterocycles. The highest BCUT2D eigenvalue weighted by Gasteiger charge is 2.12. The lowest BCUT2D eigenvalue weighted by molar-refractivity contribution is -0.117.